The molecule has 104 valence electrons. The van der Waals surface area contributed by atoms with Crippen molar-refractivity contribution in [2.75, 3.05) is 0 Å². The highest BCUT2D eigenvalue weighted by Gasteiger charge is 2.34. The Balaban J connectivity index is 2.24. The van der Waals surface area contributed by atoms with Gasteiger partial charge in [-0.05, 0) is 36.8 Å². The molecule has 2 rings (SSSR count). The van der Waals surface area contributed by atoms with E-state index in [1.165, 1.54) is 11.1 Å². The van der Waals surface area contributed by atoms with Crippen molar-refractivity contribution in [2.24, 2.45) is 5.92 Å². The Labute approximate surface area is 115 Å². The summed E-state index contributed by atoms with van der Waals surface area (Å²) in [5.74, 6) is -0.119. The number of rotatable bonds is 4. The molecule has 3 heteroatoms. The molecule has 1 aliphatic rings. The van der Waals surface area contributed by atoms with Gasteiger partial charge in [0.05, 0.1) is 0 Å². The molecule has 1 heterocycles. The first-order chi connectivity index (χ1) is 8.99. The molecule has 0 fully saturated rings. The van der Waals surface area contributed by atoms with Crippen LogP contribution < -0.4 is 0 Å². The number of hydrogen-bond donors (Lipinski definition) is 1. The molecule has 1 aromatic rings. The third-order valence-corrected chi connectivity index (χ3v) is 3.95. The number of carboxylic acids is 1. The third kappa shape index (κ3) is 3.16. The van der Waals surface area contributed by atoms with E-state index >= 15 is 0 Å². The molecule has 1 aliphatic heterocycles. The summed E-state index contributed by atoms with van der Waals surface area (Å²) in [4.78, 5) is 13.7. The van der Waals surface area contributed by atoms with Crippen LogP contribution in [-0.2, 0) is 17.8 Å². The lowest BCUT2D eigenvalue weighted by atomic mass is 9.91. The molecule has 0 saturated heterocycles. The van der Waals surface area contributed by atoms with Crippen molar-refractivity contribution < 1.29 is 9.90 Å². The lowest BCUT2D eigenvalue weighted by Crippen LogP contribution is -2.50. The molecule has 0 bridgehead atoms. The average Bonchev–Trinajstić information content (AvgIpc) is 2.36. The molecule has 2 atom stereocenters. The Hall–Kier alpha value is -1.35. The van der Waals surface area contributed by atoms with Gasteiger partial charge in [0, 0.05) is 12.6 Å². The molecule has 0 aliphatic carbocycles. The van der Waals surface area contributed by atoms with Gasteiger partial charge in [0.1, 0.15) is 6.04 Å². The van der Waals surface area contributed by atoms with Crippen LogP contribution in [0.4, 0.5) is 0 Å². The second-order valence-electron chi connectivity index (χ2n) is 5.98. The highest BCUT2D eigenvalue weighted by Crippen LogP contribution is 2.27. The van der Waals surface area contributed by atoms with E-state index in [-0.39, 0.29) is 6.04 Å². The predicted octanol–water partition coefficient (Wildman–Crippen LogP) is 2.93. The Bertz CT molecular complexity index is 456. The maximum absolute atomic E-state index is 11.5. The molecule has 2 unspecified atom stereocenters. The van der Waals surface area contributed by atoms with E-state index in [1.54, 1.807) is 0 Å². The summed E-state index contributed by atoms with van der Waals surface area (Å²) in [7, 11) is 0. The molecule has 1 N–H and O–H groups in total. The SMILES string of the molecule is CC(C)CC(C)N1Cc2ccccc2CC1C(=O)O. The monoisotopic (exact) mass is 261 g/mol. The minimum absolute atomic E-state index is 0.300. The minimum atomic E-state index is -0.704. The zero-order valence-electron chi connectivity index (χ0n) is 12.0. The van der Waals surface area contributed by atoms with Gasteiger partial charge in [0.25, 0.3) is 0 Å². The van der Waals surface area contributed by atoms with E-state index in [1.807, 2.05) is 12.1 Å². The fourth-order valence-electron chi connectivity index (χ4n) is 3.05. The first-order valence-corrected chi connectivity index (χ1v) is 7.04. The Kier molecular flexibility index (Phi) is 4.25. The van der Waals surface area contributed by atoms with Crippen LogP contribution in [0, 0.1) is 5.92 Å². The number of hydrogen-bond acceptors (Lipinski definition) is 2. The van der Waals surface area contributed by atoms with Gasteiger partial charge in [-0.3, -0.25) is 9.69 Å². The van der Waals surface area contributed by atoms with E-state index in [0.29, 0.717) is 18.4 Å². The second kappa shape index (κ2) is 5.74. The van der Waals surface area contributed by atoms with Gasteiger partial charge in [-0.25, -0.2) is 0 Å². The normalized spacial score (nSPS) is 21.2. The zero-order chi connectivity index (χ0) is 14.0. The maximum atomic E-state index is 11.5. The summed E-state index contributed by atoms with van der Waals surface area (Å²) in [5.41, 5.74) is 2.46. The summed E-state index contributed by atoms with van der Waals surface area (Å²) < 4.78 is 0. The quantitative estimate of drug-likeness (QED) is 0.906. The summed E-state index contributed by atoms with van der Waals surface area (Å²) in [5, 5.41) is 9.48. The van der Waals surface area contributed by atoms with Gasteiger partial charge in [-0.15, -0.1) is 0 Å². The molecular formula is C16H23NO2. The van der Waals surface area contributed by atoms with E-state index in [0.717, 1.165) is 13.0 Å². The predicted molar refractivity (Wildman–Crippen MR) is 76.0 cm³/mol. The summed E-state index contributed by atoms with van der Waals surface area (Å²) >= 11 is 0. The van der Waals surface area contributed by atoms with E-state index < -0.39 is 5.97 Å². The number of fused-ring (bicyclic) bond motifs is 1. The molecule has 0 amide bonds. The van der Waals surface area contributed by atoms with Gasteiger partial charge in [-0.2, -0.15) is 0 Å². The van der Waals surface area contributed by atoms with E-state index in [4.69, 9.17) is 0 Å². The van der Waals surface area contributed by atoms with Gasteiger partial charge < -0.3 is 5.11 Å². The average molecular weight is 261 g/mol. The van der Waals surface area contributed by atoms with Crippen LogP contribution in [0.15, 0.2) is 24.3 Å². The van der Waals surface area contributed by atoms with Crippen molar-refractivity contribution in [2.45, 2.75) is 52.2 Å². The topological polar surface area (TPSA) is 40.5 Å². The fraction of sp³-hybridized carbons (Fsp3) is 0.562. The van der Waals surface area contributed by atoms with Crippen LogP contribution in [-0.4, -0.2) is 28.1 Å². The molecule has 0 spiro atoms. The van der Waals surface area contributed by atoms with Crippen LogP contribution >= 0.6 is 0 Å². The second-order valence-corrected chi connectivity index (χ2v) is 5.98. The molecule has 3 nitrogen and oxygen atoms in total. The number of carboxylic acid groups (broad SMARTS) is 1. The molecule has 0 aromatic heterocycles. The summed E-state index contributed by atoms with van der Waals surface area (Å²) in [6, 6.07) is 8.10. The highest BCUT2D eigenvalue weighted by molar-refractivity contribution is 5.74. The van der Waals surface area contributed by atoms with Crippen molar-refractivity contribution >= 4 is 5.97 Å². The van der Waals surface area contributed by atoms with Crippen molar-refractivity contribution in [3.63, 3.8) is 0 Å². The van der Waals surface area contributed by atoms with E-state index in [2.05, 4.69) is 37.8 Å². The van der Waals surface area contributed by atoms with Crippen molar-refractivity contribution in [3.8, 4) is 0 Å². The Morgan fingerprint density at radius 1 is 1.32 bits per heavy atom. The van der Waals surface area contributed by atoms with Crippen molar-refractivity contribution in [3.05, 3.63) is 35.4 Å². The smallest absolute Gasteiger partial charge is 0.321 e. The molecule has 1 aromatic carbocycles. The Morgan fingerprint density at radius 3 is 2.53 bits per heavy atom. The Morgan fingerprint density at radius 2 is 1.95 bits per heavy atom. The molecule has 19 heavy (non-hydrogen) atoms. The molecule has 0 radical (unpaired) electrons. The first kappa shape index (κ1) is 14.1. The number of carbonyl (C=O) groups is 1. The molecule has 0 saturated carbocycles. The maximum Gasteiger partial charge on any atom is 0.321 e. The third-order valence-electron chi connectivity index (χ3n) is 3.95. The highest BCUT2D eigenvalue weighted by atomic mass is 16.4. The number of nitrogens with zero attached hydrogens (tertiary/aromatic N) is 1. The largest absolute Gasteiger partial charge is 0.480 e. The molecular weight excluding hydrogens is 238 g/mol. The van der Waals surface area contributed by atoms with Crippen LogP contribution in [0.1, 0.15) is 38.3 Å². The van der Waals surface area contributed by atoms with Gasteiger partial charge in [0.15, 0.2) is 0 Å². The summed E-state index contributed by atoms with van der Waals surface area (Å²) in [6.45, 7) is 7.26. The fourth-order valence-corrected chi connectivity index (χ4v) is 3.05. The van der Waals surface area contributed by atoms with Gasteiger partial charge in [-0.1, -0.05) is 38.1 Å². The number of aliphatic carboxylic acids is 1. The van der Waals surface area contributed by atoms with Crippen LogP contribution in [0.3, 0.4) is 0 Å². The lowest BCUT2D eigenvalue weighted by Gasteiger charge is -2.39. The minimum Gasteiger partial charge on any atom is -0.480 e. The van der Waals surface area contributed by atoms with Crippen LogP contribution in [0.25, 0.3) is 0 Å². The van der Waals surface area contributed by atoms with Gasteiger partial charge >= 0.3 is 5.97 Å². The van der Waals surface area contributed by atoms with Crippen molar-refractivity contribution in [1.29, 1.82) is 0 Å². The van der Waals surface area contributed by atoms with Crippen LogP contribution in [0.5, 0.6) is 0 Å². The van der Waals surface area contributed by atoms with Gasteiger partial charge in [0.2, 0.25) is 0 Å². The zero-order valence-corrected chi connectivity index (χ0v) is 12.0. The first-order valence-electron chi connectivity index (χ1n) is 7.04. The standard InChI is InChI=1S/C16H23NO2/c1-11(2)8-12(3)17-10-14-7-5-4-6-13(14)9-15(17)16(18)19/h4-7,11-12,15H,8-10H2,1-3H3,(H,18,19). The van der Waals surface area contributed by atoms with Crippen LogP contribution in [0.2, 0.25) is 0 Å². The lowest BCUT2D eigenvalue weighted by molar-refractivity contribution is -0.145. The summed E-state index contributed by atoms with van der Waals surface area (Å²) in [6.07, 6.45) is 1.65. The van der Waals surface area contributed by atoms with Crippen molar-refractivity contribution in [1.82, 2.24) is 4.90 Å². The number of benzene rings is 1. The van der Waals surface area contributed by atoms with E-state index in [9.17, 15) is 9.90 Å².